The van der Waals surface area contributed by atoms with Crippen molar-refractivity contribution >= 4 is 27.5 Å². The highest BCUT2D eigenvalue weighted by atomic mass is 32.2. The number of nitriles is 1. The molecule has 0 aromatic heterocycles. The molecule has 0 radical (unpaired) electrons. The van der Waals surface area contributed by atoms with Gasteiger partial charge in [-0.1, -0.05) is 0 Å². The van der Waals surface area contributed by atoms with Crippen LogP contribution in [0.2, 0.25) is 0 Å². The number of thioether (sulfide) groups is 1. The Morgan fingerprint density at radius 1 is 1.13 bits per heavy atom. The van der Waals surface area contributed by atoms with Crippen LogP contribution in [0.15, 0.2) is 40.1 Å². The van der Waals surface area contributed by atoms with Crippen molar-refractivity contribution in [1.82, 2.24) is 0 Å². The minimum atomic E-state index is -4.19. The number of aryl methyl sites for hydroxylation is 2. The van der Waals surface area contributed by atoms with E-state index in [1.54, 1.807) is 26.0 Å². The van der Waals surface area contributed by atoms with Crippen molar-refractivity contribution in [2.75, 3.05) is 4.72 Å². The maximum atomic E-state index is 13.7. The van der Waals surface area contributed by atoms with E-state index in [2.05, 4.69) is 4.72 Å². The summed E-state index contributed by atoms with van der Waals surface area (Å²) in [6, 6.07) is 5.57. The topological polar surface area (TPSA) is 70.0 Å². The molecular weight excluding hydrogens is 342 g/mol. The van der Waals surface area contributed by atoms with Crippen LogP contribution in [0.3, 0.4) is 0 Å². The molecule has 4 nitrogen and oxygen atoms in total. The van der Waals surface area contributed by atoms with Gasteiger partial charge in [0.05, 0.1) is 5.69 Å². The SMILES string of the molecule is Cc1cc(SC#N)cc(C)c1NS(=O)(=O)c1ccc(F)cc1F. The van der Waals surface area contributed by atoms with Gasteiger partial charge in [0.15, 0.2) is 0 Å². The number of hydrogen-bond donors (Lipinski definition) is 1. The van der Waals surface area contributed by atoms with Crippen LogP contribution in [0.1, 0.15) is 11.1 Å². The second-order valence-corrected chi connectivity index (χ2v) is 7.31. The summed E-state index contributed by atoms with van der Waals surface area (Å²) < 4.78 is 53.6. The smallest absolute Gasteiger partial charge is 0.264 e. The predicted octanol–water partition coefficient (Wildman–Crippen LogP) is 3.96. The Labute approximate surface area is 137 Å². The van der Waals surface area contributed by atoms with Crippen molar-refractivity contribution in [2.24, 2.45) is 0 Å². The number of rotatable bonds is 4. The molecule has 0 heterocycles. The van der Waals surface area contributed by atoms with Crippen molar-refractivity contribution in [1.29, 1.82) is 5.26 Å². The lowest BCUT2D eigenvalue weighted by Crippen LogP contribution is -2.16. The third-order valence-corrected chi connectivity index (χ3v) is 5.04. The Kier molecular flexibility index (Phi) is 4.92. The fourth-order valence-corrected chi connectivity index (χ4v) is 3.92. The summed E-state index contributed by atoms with van der Waals surface area (Å²) in [5.74, 6) is -2.02. The monoisotopic (exact) mass is 354 g/mol. The predicted molar refractivity (Wildman–Crippen MR) is 84.6 cm³/mol. The number of sulfonamides is 1. The lowest BCUT2D eigenvalue weighted by molar-refractivity contribution is 0.551. The largest absolute Gasteiger partial charge is 0.279 e. The maximum Gasteiger partial charge on any atom is 0.264 e. The molecule has 2 aromatic carbocycles. The molecule has 0 aliphatic carbocycles. The fraction of sp³-hybridized carbons (Fsp3) is 0.133. The van der Waals surface area contributed by atoms with E-state index in [-0.39, 0.29) is 0 Å². The van der Waals surface area contributed by atoms with E-state index in [1.165, 1.54) is 0 Å². The lowest BCUT2D eigenvalue weighted by atomic mass is 10.1. The zero-order valence-corrected chi connectivity index (χ0v) is 13.9. The Balaban J connectivity index is 2.44. The quantitative estimate of drug-likeness (QED) is 0.666. The number of anilines is 1. The van der Waals surface area contributed by atoms with Gasteiger partial charge >= 0.3 is 0 Å². The first-order valence-electron chi connectivity index (χ1n) is 6.39. The van der Waals surface area contributed by atoms with Gasteiger partial charge in [-0.25, -0.2) is 17.2 Å². The summed E-state index contributed by atoms with van der Waals surface area (Å²) >= 11 is 0.957. The summed E-state index contributed by atoms with van der Waals surface area (Å²) in [4.78, 5) is 0.0478. The van der Waals surface area contributed by atoms with E-state index in [1.807, 2.05) is 5.40 Å². The standard InChI is InChI=1S/C15H12F2N2O2S2/c1-9-5-12(22-8-18)6-10(2)15(9)19-23(20,21)14-4-3-11(16)7-13(14)17/h3-7,19H,1-2H3. The molecule has 2 aromatic rings. The molecule has 0 unspecified atom stereocenters. The zero-order chi connectivity index (χ0) is 17.2. The molecule has 120 valence electrons. The molecule has 1 N–H and O–H groups in total. The molecule has 23 heavy (non-hydrogen) atoms. The summed E-state index contributed by atoms with van der Waals surface area (Å²) in [6.07, 6.45) is 0. The molecule has 0 spiro atoms. The van der Waals surface area contributed by atoms with Gasteiger partial charge in [0, 0.05) is 11.0 Å². The molecule has 0 aliphatic heterocycles. The molecule has 0 aliphatic rings. The van der Waals surface area contributed by atoms with Gasteiger partial charge < -0.3 is 0 Å². The first kappa shape index (κ1) is 17.2. The highest BCUT2D eigenvalue weighted by Crippen LogP contribution is 2.29. The molecular formula is C15H12F2N2O2S2. The van der Waals surface area contributed by atoms with Crippen LogP contribution in [0.4, 0.5) is 14.5 Å². The molecule has 0 bridgehead atoms. The van der Waals surface area contributed by atoms with Crippen molar-refractivity contribution in [3.63, 3.8) is 0 Å². The summed E-state index contributed by atoms with van der Waals surface area (Å²) in [5.41, 5.74) is 1.48. The second kappa shape index (κ2) is 6.56. The average Bonchev–Trinajstić information content (AvgIpc) is 2.43. The third kappa shape index (κ3) is 3.81. The number of hydrogen-bond acceptors (Lipinski definition) is 4. The van der Waals surface area contributed by atoms with Gasteiger partial charge in [0.1, 0.15) is 21.9 Å². The van der Waals surface area contributed by atoms with Gasteiger partial charge in [-0.2, -0.15) is 5.26 Å². The van der Waals surface area contributed by atoms with Crippen molar-refractivity contribution in [2.45, 2.75) is 23.6 Å². The first-order chi connectivity index (χ1) is 10.7. The minimum Gasteiger partial charge on any atom is -0.279 e. The summed E-state index contributed by atoms with van der Waals surface area (Å²) in [5, 5.41) is 10.6. The van der Waals surface area contributed by atoms with E-state index >= 15 is 0 Å². The molecule has 0 atom stereocenters. The zero-order valence-electron chi connectivity index (χ0n) is 12.2. The Hall–Kier alpha value is -2.11. The van der Waals surface area contributed by atoms with E-state index in [4.69, 9.17) is 5.26 Å². The number of nitrogens with one attached hydrogen (secondary N) is 1. The highest BCUT2D eigenvalue weighted by Gasteiger charge is 2.21. The van der Waals surface area contributed by atoms with E-state index in [9.17, 15) is 17.2 Å². The Bertz CT molecular complexity index is 883. The fourth-order valence-electron chi connectivity index (χ4n) is 2.08. The molecule has 8 heteroatoms. The normalized spacial score (nSPS) is 11.1. The van der Waals surface area contributed by atoms with Crippen LogP contribution in [0.25, 0.3) is 0 Å². The van der Waals surface area contributed by atoms with Crippen molar-refractivity contribution in [3.05, 3.63) is 53.1 Å². The van der Waals surface area contributed by atoms with Crippen LogP contribution in [-0.2, 0) is 10.0 Å². The lowest BCUT2D eigenvalue weighted by Gasteiger charge is -2.14. The average molecular weight is 354 g/mol. The van der Waals surface area contributed by atoms with Crippen molar-refractivity contribution in [3.8, 4) is 5.40 Å². The first-order valence-corrected chi connectivity index (χ1v) is 8.69. The van der Waals surface area contributed by atoms with Crippen LogP contribution >= 0.6 is 11.8 Å². The maximum absolute atomic E-state index is 13.7. The van der Waals surface area contributed by atoms with Crippen LogP contribution in [-0.4, -0.2) is 8.42 Å². The molecule has 2 rings (SSSR count). The Morgan fingerprint density at radius 2 is 1.74 bits per heavy atom. The summed E-state index contributed by atoms with van der Waals surface area (Å²) in [7, 11) is -4.19. The van der Waals surface area contributed by atoms with Crippen LogP contribution in [0, 0.1) is 36.1 Å². The second-order valence-electron chi connectivity index (χ2n) is 4.81. The van der Waals surface area contributed by atoms with Gasteiger partial charge in [-0.3, -0.25) is 4.72 Å². The molecule has 0 saturated heterocycles. The molecule has 0 fully saturated rings. The van der Waals surface area contributed by atoms with E-state index < -0.39 is 26.6 Å². The number of benzene rings is 2. The number of halogens is 2. The Morgan fingerprint density at radius 3 is 2.26 bits per heavy atom. The van der Waals surface area contributed by atoms with Gasteiger partial charge in [0.2, 0.25) is 0 Å². The number of thiocyanates is 1. The number of nitrogens with zero attached hydrogens (tertiary/aromatic N) is 1. The minimum absolute atomic E-state index is 0.302. The van der Waals surface area contributed by atoms with Crippen LogP contribution in [0.5, 0.6) is 0 Å². The van der Waals surface area contributed by atoms with Crippen LogP contribution < -0.4 is 4.72 Å². The van der Waals surface area contributed by atoms with E-state index in [0.29, 0.717) is 27.8 Å². The van der Waals surface area contributed by atoms with Gasteiger partial charge in [-0.05, 0) is 61.0 Å². The van der Waals surface area contributed by atoms with Gasteiger partial charge in [0.25, 0.3) is 10.0 Å². The van der Waals surface area contributed by atoms with E-state index in [0.717, 1.165) is 23.9 Å². The third-order valence-electron chi connectivity index (χ3n) is 3.09. The highest BCUT2D eigenvalue weighted by molar-refractivity contribution is 8.03. The van der Waals surface area contributed by atoms with Gasteiger partial charge in [-0.15, -0.1) is 0 Å². The molecule has 0 saturated carbocycles. The molecule has 0 amide bonds. The van der Waals surface area contributed by atoms with Crippen molar-refractivity contribution < 1.29 is 17.2 Å². The summed E-state index contributed by atoms with van der Waals surface area (Å²) in [6.45, 7) is 3.35.